The van der Waals surface area contributed by atoms with Crippen molar-refractivity contribution in [3.05, 3.63) is 51.5 Å². The lowest BCUT2D eigenvalue weighted by Crippen LogP contribution is -2.39. The van der Waals surface area contributed by atoms with Crippen molar-refractivity contribution in [2.45, 2.75) is 19.9 Å². The minimum absolute atomic E-state index is 0.312. The van der Waals surface area contributed by atoms with E-state index in [0.29, 0.717) is 38.7 Å². The van der Waals surface area contributed by atoms with Crippen LogP contribution in [0.25, 0.3) is 16.6 Å². The first-order valence-electron chi connectivity index (χ1n) is 8.84. The standard InChI is InChI=1S/C18H17BrClN7O2/c1-3-29-15-10(7-12(20)13-14(15)24-25-16(13)19)9(2)23-26-18(28)11-8-22-27-6-4-5-21-17(11)27/h4-9,23H,3H2,1-2H3,(H,24,25)(H,26,28). The van der Waals surface area contributed by atoms with Gasteiger partial charge in [-0.2, -0.15) is 10.2 Å². The maximum Gasteiger partial charge on any atom is 0.270 e. The summed E-state index contributed by atoms with van der Waals surface area (Å²) in [5.74, 6) is 0.249. The molecule has 9 nitrogen and oxygen atoms in total. The van der Waals surface area contributed by atoms with Crippen molar-refractivity contribution in [1.82, 2.24) is 35.6 Å². The van der Waals surface area contributed by atoms with Crippen LogP contribution in [0.3, 0.4) is 0 Å². The number of aromatic nitrogens is 5. The minimum Gasteiger partial charge on any atom is -0.491 e. The summed E-state index contributed by atoms with van der Waals surface area (Å²) in [6.07, 6.45) is 4.81. The van der Waals surface area contributed by atoms with Gasteiger partial charge in [-0.05, 0) is 41.9 Å². The highest BCUT2D eigenvalue weighted by Gasteiger charge is 2.22. The lowest BCUT2D eigenvalue weighted by atomic mass is 10.1. The molecule has 150 valence electrons. The van der Waals surface area contributed by atoms with Crippen molar-refractivity contribution in [2.24, 2.45) is 0 Å². The van der Waals surface area contributed by atoms with Crippen molar-refractivity contribution >= 4 is 50.0 Å². The second-order valence-electron chi connectivity index (χ2n) is 6.24. The summed E-state index contributed by atoms with van der Waals surface area (Å²) in [6.45, 7) is 4.24. The number of carbonyl (C=O) groups excluding carboxylic acids is 1. The molecule has 0 radical (unpaired) electrons. The Kier molecular flexibility index (Phi) is 5.39. The third-order valence-corrected chi connectivity index (χ3v) is 5.27. The molecule has 1 atom stereocenters. The summed E-state index contributed by atoms with van der Waals surface area (Å²) in [7, 11) is 0. The molecule has 0 saturated carbocycles. The lowest BCUT2D eigenvalue weighted by Gasteiger charge is -2.19. The molecule has 3 N–H and O–H groups in total. The van der Waals surface area contributed by atoms with E-state index >= 15 is 0 Å². The highest BCUT2D eigenvalue weighted by atomic mass is 79.9. The maximum absolute atomic E-state index is 12.6. The van der Waals surface area contributed by atoms with E-state index in [0.717, 1.165) is 10.9 Å². The van der Waals surface area contributed by atoms with E-state index < -0.39 is 0 Å². The lowest BCUT2D eigenvalue weighted by molar-refractivity contribution is 0.0927. The van der Waals surface area contributed by atoms with Crippen LogP contribution in [-0.2, 0) is 0 Å². The van der Waals surface area contributed by atoms with Gasteiger partial charge in [-0.25, -0.2) is 14.9 Å². The van der Waals surface area contributed by atoms with Gasteiger partial charge in [0.2, 0.25) is 0 Å². The van der Waals surface area contributed by atoms with Crippen LogP contribution in [0.1, 0.15) is 35.8 Å². The molecule has 29 heavy (non-hydrogen) atoms. The summed E-state index contributed by atoms with van der Waals surface area (Å²) < 4.78 is 8.05. The van der Waals surface area contributed by atoms with Crippen molar-refractivity contribution in [3.63, 3.8) is 0 Å². The molecule has 0 fully saturated rings. The highest BCUT2D eigenvalue weighted by molar-refractivity contribution is 9.10. The van der Waals surface area contributed by atoms with E-state index in [4.69, 9.17) is 16.3 Å². The van der Waals surface area contributed by atoms with Gasteiger partial charge in [0.05, 0.1) is 29.3 Å². The van der Waals surface area contributed by atoms with Gasteiger partial charge < -0.3 is 4.74 Å². The Morgan fingerprint density at radius 3 is 3.10 bits per heavy atom. The molecular weight excluding hydrogens is 462 g/mol. The molecule has 0 bridgehead atoms. The number of halogens is 2. The molecular formula is C18H17BrClN7O2. The summed E-state index contributed by atoms with van der Waals surface area (Å²) in [5, 5.41) is 12.5. The SMILES string of the molecule is CCOc1c(C(C)NNC(=O)c2cnn3cccnc23)cc(Cl)c2c(Br)[nH]nc12. The molecule has 4 aromatic rings. The fraction of sp³-hybridized carbons (Fsp3) is 0.222. The third kappa shape index (κ3) is 3.54. The van der Waals surface area contributed by atoms with Crippen LogP contribution >= 0.6 is 27.5 Å². The molecule has 0 aliphatic carbocycles. The van der Waals surface area contributed by atoms with E-state index in [2.05, 4.69) is 47.1 Å². The largest absolute Gasteiger partial charge is 0.491 e. The van der Waals surface area contributed by atoms with Crippen LogP contribution in [0, 0.1) is 0 Å². The average molecular weight is 479 g/mol. The second-order valence-corrected chi connectivity index (χ2v) is 7.44. The van der Waals surface area contributed by atoms with Crippen molar-refractivity contribution < 1.29 is 9.53 Å². The first-order chi connectivity index (χ1) is 14.0. The van der Waals surface area contributed by atoms with Gasteiger partial charge in [0.15, 0.2) is 11.4 Å². The predicted octanol–water partition coefficient (Wildman–Crippen LogP) is 3.42. The Morgan fingerprint density at radius 1 is 1.48 bits per heavy atom. The Morgan fingerprint density at radius 2 is 2.31 bits per heavy atom. The molecule has 0 saturated heterocycles. The van der Waals surface area contributed by atoms with Crippen LogP contribution in [-0.4, -0.2) is 37.3 Å². The second kappa shape index (κ2) is 7.97. The Balaban J connectivity index is 1.59. The number of rotatable bonds is 6. The zero-order valence-corrected chi connectivity index (χ0v) is 17.9. The number of fused-ring (bicyclic) bond motifs is 2. The summed E-state index contributed by atoms with van der Waals surface area (Å²) in [5.41, 5.74) is 7.91. The van der Waals surface area contributed by atoms with Gasteiger partial charge in [0.1, 0.15) is 15.7 Å². The zero-order chi connectivity index (χ0) is 20.5. The molecule has 1 unspecified atom stereocenters. The normalized spacial score (nSPS) is 12.4. The third-order valence-electron chi connectivity index (χ3n) is 4.40. The van der Waals surface area contributed by atoms with Crippen LogP contribution in [0.15, 0.2) is 35.3 Å². The Bertz CT molecular complexity index is 1210. The number of hydrogen-bond acceptors (Lipinski definition) is 6. The fourth-order valence-corrected chi connectivity index (χ4v) is 3.94. The predicted molar refractivity (Wildman–Crippen MR) is 112 cm³/mol. The number of nitrogens with zero attached hydrogens (tertiary/aromatic N) is 4. The number of H-pyrrole nitrogens is 1. The summed E-state index contributed by atoms with van der Waals surface area (Å²) in [4.78, 5) is 16.8. The first-order valence-corrected chi connectivity index (χ1v) is 10.0. The van der Waals surface area contributed by atoms with E-state index in [-0.39, 0.29) is 11.9 Å². The van der Waals surface area contributed by atoms with E-state index in [1.807, 2.05) is 13.8 Å². The first kappa shape index (κ1) is 19.6. The molecule has 3 heterocycles. The molecule has 3 aromatic heterocycles. The van der Waals surface area contributed by atoms with Crippen LogP contribution in [0.4, 0.5) is 0 Å². The monoisotopic (exact) mass is 477 g/mol. The van der Waals surface area contributed by atoms with Crippen LogP contribution in [0.2, 0.25) is 5.02 Å². The highest BCUT2D eigenvalue weighted by Crippen LogP contribution is 2.39. The molecule has 4 rings (SSSR count). The Hall–Kier alpha value is -2.69. The molecule has 11 heteroatoms. The van der Waals surface area contributed by atoms with Gasteiger partial charge in [0.25, 0.3) is 5.91 Å². The maximum atomic E-state index is 12.6. The van der Waals surface area contributed by atoms with Gasteiger partial charge in [-0.1, -0.05) is 11.6 Å². The van der Waals surface area contributed by atoms with Gasteiger partial charge in [-0.15, -0.1) is 0 Å². The molecule has 1 aromatic carbocycles. The van der Waals surface area contributed by atoms with Crippen molar-refractivity contribution in [2.75, 3.05) is 6.61 Å². The van der Waals surface area contributed by atoms with E-state index in [1.165, 1.54) is 10.7 Å². The number of carbonyl (C=O) groups is 1. The number of hydrogen-bond donors (Lipinski definition) is 3. The Labute approximate surface area is 178 Å². The fourth-order valence-electron chi connectivity index (χ4n) is 3.04. The van der Waals surface area contributed by atoms with Crippen molar-refractivity contribution in [1.29, 1.82) is 0 Å². The van der Waals surface area contributed by atoms with Gasteiger partial charge in [0, 0.05) is 18.0 Å². The number of hydrazine groups is 1. The topological polar surface area (TPSA) is 109 Å². The molecule has 0 aliphatic heterocycles. The summed E-state index contributed by atoms with van der Waals surface area (Å²) >= 11 is 9.87. The number of amides is 1. The number of nitrogens with one attached hydrogen (secondary N) is 3. The molecule has 0 spiro atoms. The van der Waals surface area contributed by atoms with Gasteiger partial charge in [-0.3, -0.25) is 15.3 Å². The van der Waals surface area contributed by atoms with Crippen molar-refractivity contribution in [3.8, 4) is 5.75 Å². The minimum atomic E-state index is -0.349. The number of ether oxygens (including phenoxy) is 1. The van der Waals surface area contributed by atoms with E-state index in [9.17, 15) is 4.79 Å². The molecule has 1 amide bonds. The number of aromatic amines is 1. The zero-order valence-electron chi connectivity index (χ0n) is 15.5. The van der Waals surface area contributed by atoms with Gasteiger partial charge >= 0.3 is 0 Å². The average Bonchev–Trinajstić information content (AvgIpc) is 3.32. The van der Waals surface area contributed by atoms with E-state index in [1.54, 1.807) is 24.5 Å². The quantitative estimate of drug-likeness (QED) is 0.366. The van der Waals surface area contributed by atoms with Crippen LogP contribution in [0.5, 0.6) is 5.75 Å². The summed E-state index contributed by atoms with van der Waals surface area (Å²) in [6, 6.07) is 3.23. The molecule has 0 aliphatic rings. The smallest absolute Gasteiger partial charge is 0.270 e. The van der Waals surface area contributed by atoms with Crippen LogP contribution < -0.4 is 15.6 Å². The number of benzene rings is 1.